The SMILES string of the molecule is CN=CC(NC(=O)c1cccc(NCC(N)CO)n1)C(=N)N1CCC(C)(C)C1=O. The first-order chi connectivity index (χ1) is 13.7. The van der Waals surface area contributed by atoms with Gasteiger partial charge in [0.15, 0.2) is 0 Å². The minimum atomic E-state index is -0.855. The van der Waals surface area contributed by atoms with E-state index in [-0.39, 0.29) is 24.0 Å². The van der Waals surface area contributed by atoms with Crippen LogP contribution in [0, 0.1) is 10.8 Å². The summed E-state index contributed by atoms with van der Waals surface area (Å²) < 4.78 is 0. The predicted octanol–water partition coefficient (Wildman–Crippen LogP) is -0.152. The van der Waals surface area contributed by atoms with Crippen LogP contribution < -0.4 is 16.4 Å². The van der Waals surface area contributed by atoms with Crippen molar-refractivity contribution >= 4 is 29.7 Å². The van der Waals surface area contributed by atoms with Crippen molar-refractivity contribution in [2.24, 2.45) is 16.1 Å². The van der Waals surface area contributed by atoms with E-state index in [0.717, 1.165) is 0 Å². The molecular weight excluding hydrogens is 374 g/mol. The molecule has 158 valence electrons. The van der Waals surface area contributed by atoms with Crippen molar-refractivity contribution in [3.8, 4) is 0 Å². The molecule has 6 N–H and O–H groups in total. The maximum atomic E-state index is 12.7. The first-order valence-corrected chi connectivity index (χ1v) is 9.40. The zero-order chi connectivity index (χ0) is 21.6. The summed E-state index contributed by atoms with van der Waals surface area (Å²) in [5.74, 6) is -0.229. The molecule has 0 aromatic carbocycles. The Bertz CT molecular complexity index is 794. The van der Waals surface area contributed by atoms with Crippen molar-refractivity contribution in [1.82, 2.24) is 15.2 Å². The number of aliphatic imine (C=N–C) groups is 1. The van der Waals surface area contributed by atoms with E-state index in [1.54, 1.807) is 18.2 Å². The van der Waals surface area contributed by atoms with E-state index in [4.69, 9.17) is 16.2 Å². The van der Waals surface area contributed by atoms with Crippen molar-refractivity contribution in [3.63, 3.8) is 0 Å². The number of aliphatic hydroxyl groups excluding tert-OH is 1. The molecule has 0 aliphatic carbocycles. The van der Waals surface area contributed by atoms with Crippen LogP contribution in [-0.2, 0) is 4.79 Å². The number of hydrogen-bond donors (Lipinski definition) is 5. The second kappa shape index (κ2) is 9.57. The fraction of sp³-hybridized carbons (Fsp3) is 0.526. The summed E-state index contributed by atoms with van der Waals surface area (Å²) in [5, 5.41) is 23.1. The van der Waals surface area contributed by atoms with E-state index < -0.39 is 23.4 Å². The molecule has 2 amide bonds. The Kier molecular flexibility index (Phi) is 7.40. The maximum absolute atomic E-state index is 12.7. The van der Waals surface area contributed by atoms with Gasteiger partial charge in [-0.3, -0.25) is 24.9 Å². The van der Waals surface area contributed by atoms with Crippen molar-refractivity contribution in [2.45, 2.75) is 32.4 Å². The van der Waals surface area contributed by atoms with Crippen LogP contribution in [0.2, 0.25) is 0 Å². The van der Waals surface area contributed by atoms with Gasteiger partial charge in [0, 0.05) is 37.8 Å². The number of hydrogen-bond acceptors (Lipinski definition) is 8. The number of carbonyl (C=O) groups excluding carboxylic acids is 2. The minimum Gasteiger partial charge on any atom is -0.395 e. The molecule has 2 unspecified atom stereocenters. The van der Waals surface area contributed by atoms with Crippen molar-refractivity contribution in [1.29, 1.82) is 5.41 Å². The Hall–Kier alpha value is -2.85. The van der Waals surface area contributed by atoms with E-state index in [1.165, 1.54) is 18.2 Å². The van der Waals surface area contributed by atoms with E-state index in [0.29, 0.717) is 25.3 Å². The third kappa shape index (κ3) is 5.58. The zero-order valence-corrected chi connectivity index (χ0v) is 17.0. The average Bonchev–Trinajstić information content (AvgIpc) is 2.98. The monoisotopic (exact) mass is 403 g/mol. The number of aliphatic hydroxyl groups is 1. The molecule has 2 heterocycles. The maximum Gasteiger partial charge on any atom is 0.270 e. The third-order valence-corrected chi connectivity index (χ3v) is 4.72. The van der Waals surface area contributed by atoms with Crippen LogP contribution in [0.25, 0.3) is 0 Å². The van der Waals surface area contributed by atoms with Crippen LogP contribution in [0.1, 0.15) is 30.8 Å². The van der Waals surface area contributed by atoms with Gasteiger partial charge in [0.1, 0.15) is 23.4 Å². The van der Waals surface area contributed by atoms with Gasteiger partial charge in [0.05, 0.1) is 6.61 Å². The molecule has 0 saturated carbocycles. The molecule has 1 aromatic rings. The van der Waals surface area contributed by atoms with Crippen molar-refractivity contribution < 1.29 is 14.7 Å². The molecule has 1 aromatic heterocycles. The van der Waals surface area contributed by atoms with Crippen LogP contribution in [0.3, 0.4) is 0 Å². The Morgan fingerprint density at radius 3 is 2.83 bits per heavy atom. The van der Waals surface area contributed by atoms with Gasteiger partial charge in [0.2, 0.25) is 5.91 Å². The van der Waals surface area contributed by atoms with Gasteiger partial charge in [-0.1, -0.05) is 19.9 Å². The summed E-state index contributed by atoms with van der Waals surface area (Å²) in [6, 6.07) is 3.59. The van der Waals surface area contributed by atoms with Gasteiger partial charge < -0.3 is 21.5 Å². The highest BCUT2D eigenvalue weighted by molar-refractivity contribution is 6.11. The van der Waals surface area contributed by atoms with Crippen LogP contribution in [-0.4, -0.2) is 77.7 Å². The summed E-state index contributed by atoms with van der Waals surface area (Å²) in [7, 11) is 1.54. The number of likely N-dealkylation sites (tertiary alicyclic amines) is 1. The number of nitrogens with one attached hydrogen (secondary N) is 3. The molecule has 1 saturated heterocycles. The molecule has 10 heteroatoms. The lowest BCUT2D eigenvalue weighted by molar-refractivity contribution is -0.131. The fourth-order valence-electron chi connectivity index (χ4n) is 2.86. The number of nitrogens with two attached hydrogens (primary N) is 1. The topological polar surface area (TPSA) is 157 Å². The third-order valence-electron chi connectivity index (χ3n) is 4.72. The van der Waals surface area contributed by atoms with E-state index in [2.05, 4.69) is 20.6 Å². The van der Waals surface area contributed by atoms with Gasteiger partial charge in [-0.2, -0.15) is 0 Å². The molecule has 10 nitrogen and oxygen atoms in total. The molecule has 0 bridgehead atoms. The summed E-state index contributed by atoms with van der Waals surface area (Å²) in [5.41, 5.74) is 5.27. The lowest BCUT2D eigenvalue weighted by Crippen LogP contribution is -2.50. The first-order valence-electron chi connectivity index (χ1n) is 9.40. The Morgan fingerprint density at radius 1 is 1.52 bits per heavy atom. The first kappa shape index (κ1) is 22.4. The molecule has 1 aliphatic heterocycles. The van der Waals surface area contributed by atoms with E-state index in [9.17, 15) is 9.59 Å². The van der Waals surface area contributed by atoms with E-state index >= 15 is 0 Å². The normalized spacial score (nSPS) is 18.0. The summed E-state index contributed by atoms with van der Waals surface area (Å²) in [6.45, 7) is 4.25. The summed E-state index contributed by atoms with van der Waals surface area (Å²) >= 11 is 0. The minimum absolute atomic E-state index is 0.0253. The highest BCUT2D eigenvalue weighted by atomic mass is 16.3. The largest absolute Gasteiger partial charge is 0.395 e. The number of nitrogens with zero attached hydrogens (tertiary/aromatic N) is 3. The Labute approximate surface area is 170 Å². The molecule has 2 atom stereocenters. The molecule has 1 fully saturated rings. The number of amidine groups is 1. The van der Waals surface area contributed by atoms with Crippen LogP contribution in [0.4, 0.5) is 5.82 Å². The molecule has 1 aliphatic rings. The number of anilines is 1. The van der Waals surface area contributed by atoms with E-state index in [1.807, 2.05) is 13.8 Å². The summed E-state index contributed by atoms with van der Waals surface area (Å²) in [6.07, 6.45) is 2.06. The lowest BCUT2D eigenvalue weighted by atomic mass is 9.92. The average molecular weight is 403 g/mol. The van der Waals surface area contributed by atoms with Gasteiger partial charge in [-0.25, -0.2) is 4.98 Å². The van der Waals surface area contributed by atoms with Crippen molar-refractivity contribution in [2.75, 3.05) is 32.1 Å². The van der Waals surface area contributed by atoms with Crippen LogP contribution in [0.15, 0.2) is 23.2 Å². The predicted molar refractivity (Wildman–Crippen MR) is 111 cm³/mol. The molecule has 0 spiro atoms. The number of aromatic nitrogens is 1. The number of rotatable bonds is 8. The second-order valence-corrected chi connectivity index (χ2v) is 7.57. The number of amides is 2. The summed E-state index contributed by atoms with van der Waals surface area (Å²) in [4.78, 5) is 34.7. The van der Waals surface area contributed by atoms with Crippen LogP contribution in [0.5, 0.6) is 0 Å². The van der Waals surface area contributed by atoms with Crippen molar-refractivity contribution in [3.05, 3.63) is 23.9 Å². The van der Waals surface area contributed by atoms with Gasteiger partial charge >= 0.3 is 0 Å². The number of carbonyl (C=O) groups is 2. The second-order valence-electron chi connectivity index (χ2n) is 7.57. The van der Waals surface area contributed by atoms with Gasteiger partial charge in [-0.15, -0.1) is 0 Å². The van der Waals surface area contributed by atoms with Gasteiger partial charge in [-0.05, 0) is 18.6 Å². The zero-order valence-electron chi connectivity index (χ0n) is 17.0. The molecule has 29 heavy (non-hydrogen) atoms. The standard InChI is InChI=1S/C19H29N7O3/c1-19(2)7-8-26(18(19)29)16(21)14(10-22-3)25-17(28)13-5-4-6-15(24-13)23-9-12(20)11-27/h4-6,10,12,14,21,27H,7-9,11,20H2,1-3H3,(H,23,24)(H,25,28). The Morgan fingerprint density at radius 2 is 2.24 bits per heavy atom. The molecular formula is C19H29N7O3. The quantitative estimate of drug-likeness (QED) is 0.300. The lowest BCUT2D eigenvalue weighted by Gasteiger charge is -2.24. The highest BCUT2D eigenvalue weighted by Crippen LogP contribution is 2.30. The van der Waals surface area contributed by atoms with Crippen LogP contribution >= 0.6 is 0 Å². The fourth-order valence-corrected chi connectivity index (χ4v) is 2.86. The smallest absolute Gasteiger partial charge is 0.270 e. The highest BCUT2D eigenvalue weighted by Gasteiger charge is 2.41. The number of pyridine rings is 1. The molecule has 0 radical (unpaired) electrons. The molecule has 2 rings (SSSR count). The Balaban J connectivity index is 2.10. The van der Waals surface area contributed by atoms with Gasteiger partial charge in [0.25, 0.3) is 5.91 Å².